The Balaban J connectivity index is 0.000000426. The fraction of sp³-hybridized carbons (Fsp3) is 0.583. The largest absolute Gasteiger partial charge is 0.490 e. The number of nitrogens with zero attached hydrogens (tertiary/aromatic N) is 4. The summed E-state index contributed by atoms with van der Waals surface area (Å²) in [5.41, 5.74) is 0.355. The van der Waals surface area contributed by atoms with E-state index in [1.807, 2.05) is 16.5 Å². The smallest absolute Gasteiger partial charge is 0.475 e. The number of halogens is 4. The van der Waals surface area contributed by atoms with Gasteiger partial charge < -0.3 is 10.4 Å². The highest BCUT2D eigenvalue weighted by Crippen LogP contribution is 2.33. The lowest BCUT2D eigenvalue weighted by atomic mass is 9.89. The number of carboxylic acid groups (broad SMARTS) is 1. The number of nitrogens with one attached hydrogen (secondary N) is 1. The first-order chi connectivity index (χ1) is 17.8. The average molecular weight is 620 g/mol. The molecule has 4 heterocycles. The topological polar surface area (TPSA) is 109 Å². The van der Waals surface area contributed by atoms with Gasteiger partial charge in [-0.15, -0.1) is 11.3 Å². The third-order valence-electron chi connectivity index (χ3n) is 6.81. The van der Waals surface area contributed by atoms with Crippen molar-refractivity contribution in [3.8, 4) is 0 Å². The Labute approximate surface area is 228 Å². The van der Waals surface area contributed by atoms with Crippen molar-refractivity contribution in [1.82, 2.24) is 24.4 Å². The van der Waals surface area contributed by atoms with Gasteiger partial charge in [-0.25, -0.2) is 9.48 Å². The first-order valence-corrected chi connectivity index (χ1v) is 14.0. The van der Waals surface area contributed by atoms with Crippen LogP contribution in [-0.4, -0.2) is 67.4 Å². The van der Waals surface area contributed by atoms with Crippen molar-refractivity contribution in [3.05, 3.63) is 32.1 Å². The number of aromatic nitrogens is 3. The minimum Gasteiger partial charge on any atom is -0.475 e. The van der Waals surface area contributed by atoms with Crippen LogP contribution in [0.2, 0.25) is 0 Å². The molecule has 3 aromatic heterocycles. The minimum atomic E-state index is -5.08. The molecule has 2 fully saturated rings. The monoisotopic (exact) mass is 619 g/mol. The summed E-state index contributed by atoms with van der Waals surface area (Å²) in [5.74, 6) is -1.98. The summed E-state index contributed by atoms with van der Waals surface area (Å²) in [4.78, 5) is 38.4. The molecule has 1 aliphatic heterocycles. The van der Waals surface area contributed by atoms with Crippen molar-refractivity contribution in [2.75, 3.05) is 13.1 Å². The Morgan fingerprint density at radius 2 is 1.92 bits per heavy atom. The van der Waals surface area contributed by atoms with Gasteiger partial charge in [-0.1, -0.05) is 20.3 Å². The van der Waals surface area contributed by atoms with Crippen LogP contribution in [-0.2, 0) is 16.1 Å². The number of hydrogen-bond donors (Lipinski definition) is 2. The van der Waals surface area contributed by atoms with Crippen molar-refractivity contribution in [2.45, 2.75) is 76.7 Å². The third kappa shape index (κ3) is 6.23. The van der Waals surface area contributed by atoms with Crippen molar-refractivity contribution in [3.63, 3.8) is 0 Å². The van der Waals surface area contributed by atoms with E-state index >= 15 is 0 Å². The molecule has 1 amide bonds. The predicted octanol–water partition coefficient (Wildman–Crippen LogP) is 4.36. The molecular formula is C24H29BrF3N5O4S. The van der Waals surface area contributed by atoms with Crippen LogP contribution in [0.25, 0.3) is 15.7 Å². The Morgan fingerprint density at radius 1 is 1.24 bits per heavy atom. The second-order valence-electron chi connectivity index (χ2n) is 9.94. The van der Waals surface area contributed by atoms with Crippen LogP contribution in [0.15, 0.2) is 20.7 Å². The maximum atomic E-state index is 13.2. The SMILES string of the molecule is CC(C)c1nn(CC(=O)N[C@@H]2CCCN(C3CCC3)C2)c(=O)c2cc3cc(Br)sc3n12.O=C(O)C(F)(F)F. The van der Waals surface area contributed by atoms with Gasteiger partial charge >= 0.3 is 12.1 Å². The quantitative estimate of drug-likeness (QED) is 0.439. The molecule has 0 bridgehead atoms. The number of hydrogen-bond acceptors (Lipinski definition) is 6. The molecule has 38 heavy (non-hydrogen) atoms. The van der Waals surface area contributed by atoms with Crippen molar-refractivity contribution in [1.29, 1.82) is 0 Å². The second-order valence-corrected chi connectivity index (χ2v) is 12.4. The molecule has 2 aliphatic rings. The molecule has 0 spiro atoms. The van der Waals surface area contributed by atoms with Gasteiger partial charge in [0.15, 0.2) is 0 Å². The van der Waals surface area contributed by atoms with Gasteiger partial charge in [0.2, 0.25) is 5.91 Å². The molecular weight excluding hydrogens is 591 g/mol. The molecule has 5 rings (SSSR count). The maximum Gasteiger partial charge on any atom is 0.490 e. The lowest BCUT2D eigenvalue weighted by Gasteiger charge is -2.42. The van der Waals surface area contributed by atoms with Crippen LogP contribution >= 0.6 is 27.3 Å². The van der Waals surface area contributed by atoms with E-state index in [2.05, 4.69) is 45.1 Å². The first kappa shape index (κ1) is 28.6. The fourth-order valence-electron chi connectivity index (χ4n) is 4.79. The molecule has 1 saturated heterocycles. The molecule has 0 aromatic carbocycles. The number of carbonyl (C=O) groups is 2. The van der Waals surface area contributed by atoms with Crippen molar-refractivity contribution < 1.29 is 27.9 Å². The first-order valence-electron chi connectivity index (χ1n) is 12.4. The Morgan fingerprint density at radius 3 is 2.50 bits per heavy atom. The summed E-state index contributed by atoms with van der Waals surface area (Å²) in [6.07, 6.45) is 0.908. The van der Waals surface area contributed by atoms with E-state index in [0.717, 1.165) is 45.8 Å². The van der Waals surface area contributed by atoms with Gasteiger partial charge in [-0.3, -0.25) is 18.9 Å². The number of carboxylic acids is 1. The number of likely N-dealkylation sites (tertiary alicyclic amines) is 1. The van der Waals surface area contributed by atoms with Crippen molar-refractivity contribution in [2.24, 2.45) is 0 Å². The summed E-state index contributed by atoms with van der Waals surface area (Å²) < 4.78 is 36.0. The predicted molar refractivity (Wildman–Crippen MR) is 141 cm³/mol. The standard InChI is InChI=1S/C22H28BrN5O2S.C2HF3O2/c1-13(2)20-25-27(21(30)17-9-14-10-18(23)31-22(14)28(17)20)12-19(29)24-15-5-4-8-26(11-15)16-6-3-7-16;3-2(4,5)1(6)7/h9-10,13,15-16H,3-8,11-12H2,1-2H3,(H,24,29);(H,6,7)/t15-;/m1./s1. The molecule has 208 valence electrons. The summed E-state index contributed by atoms with van der Waals surface area (Å²) in [5, 5.41) is 15.9. The number of piperidine rings is 1. The molecule has 3 aromatic rings. The lowest BCUT2D eigenvalue weighted by molar-refractivity contribution is -0.192. The number of alkyl halides is 3. The van der Waals surface area contributed by atoms with E-state index < -0.39 is 12.1 Å². The molecule has 1 saturated carbocycles. The normalized spacial score (nSPS) is 18.9. The number of rotatable bonds is 5. The van der Waals surface area contributed by atoms with E-state index in [9.17, 15) is 22.8 Å². The van der Waals surface area contributed by atoms with Crippen LogP contribution in [0, 0.1) is 0 Å². The summed E-state index contributed by atoms with van der Waals surface area (Å²) in [6, 6.07) is 4.77. The molecule has 1 atom stereocenters. The highest BCUT2D eigenvalue weighted by molar-refractivity contribution is 9.11. The summed E-state index contributed by atoms with van der Waals surface area (Å²) >= 11 is 5.12. The Kier molecular flexibility index (Phi) is 8.52. The zero-order valence-corrected chi connectivity index (χ0v) is 23.3. The number of carbonyl (C=O) groups excluding carboxylic acids is 1. The van der Waals surface area contributed by atoms with Gasteiger partial charge in [0.05, 0.1) is 3.79 Å². The average Bonchev–Trinajstić information content (AvgIpc) is 3.31. The molecule has 1 aliphatic carbocycles. The number of amides is 1. The fourth-order valence-corrected chi connectivity index (χ4v) is 6.39. The molecule has 0 radical (unpaired) electrons. The zero-order valence-electron chi connectivity index (χ0n) is 20.9. The van der Waals surface area contributed by atoms with E-state index in [1.54, 1.807) is 11.3 Å². The van der Waals surface area contributed by atoms with Gasteiger partial charge in [0.1, 0.15) is 22.7 Å². The van der Waals surface area contributed by atoms with Gasteiger partial charge in [0.25, 0.3) is 5.56 Å². The summed E-state index contributed by atoms with van der Waals surface area (Å²) in [7, 11) is 0. The van der Waals surface area contributed by atoms with E-state index in [0.29, 0.717) is 11.6 Å². The van der Waals surface area contributed by atoms with E-state index in [4.69, 9.17) is 9.90 Å². The number of thiophene rings is 1. The van der Waals surface area contributed by atoms with Crippen LogP contribution in [0.3, 0.4) is 0 Å². The van der Waals surface area contributed by atoms with Gasteiger partial charge in [-0.2, -0.15) is 18.3 Å². The number of aliphatic carboxylic acids is 1. The van der Waals surface area contributed by atoms with Crippen LogP contribution < -0.4 is 10.9 Å². The second kappa shape index (κ2) is 11.3. The van der Waals surface area contributed by atoms with Crippen molar-refractivity contribution >= 4 is 54.9 Å². The Bertz CT molecular complexity index is 1400. The van der Waals surface area contributed by atoms with E-state index in [-0.39, 0.29) is 30.0 Å². The molecule has 14 heteroatoms. The lowest BCUT2D eigenvalue weighted by Crippen LogP contribution is -2.53. The van der Waals surface area contributed by atoms with Gasteiger partial charge in [-0.05, 0) is 60.3 Å². The maximum absolute atomic E-state index is 13.2. The molecule has 2 N–H and O–H groups in total. The van der Waals surface area contributed by atoms with Crippen LogP contribution in [0.4, 0.5) is 13.2 Å². The van der Waals surface area contributed by atoms with Crippen LogP contribution in [0.5, 0.6) is 0 Å². The van der Waals surface area contributed by atoms with Crippen LogP contribution in [0.1, 0.15) is 57.7 Å². The third-order valence-corrected chi connectivity index (χ3v) is 8.45. The molecule has 9 nitrogen and oxygen atoms in total. The number of fused-ring (bicyclic) bond motifs is 3. The van der Waals surface area contributed by atoms with E-state index in [1.165, 1.54) is 23.9 Å². The van der Waals surface area contributed by atoms with Gasteiger partial charge in [0, 0.05) is 29.9 Å². The highest BCUT2D eigenvalue weighted by atomic mass is 79.9. The molecule has 0 unspecified atom stereocenters. The summed E-state index contributed by atoms with van der Waals surface area (Å²) in [6.45, 7) is 6.12. The highest BCUT2D eigenvalue weighted by Gasteiger charge is 2.38. The zero-order chi connectivity index (χ0) is 27.8. The minimum absolute atomic E-state index is 0.0441. The Hall–Kier alpha value is -2.45.